The van der Waals surface area contributed by atoms with E-state index in [9.17, 15) is 13.2 Å². The van der Waals surface area contributed by atoms with Crippen molar-refractivity contribution in [3.8, 4) is 0 Å². The number of nitrogens with one attached hydrogen (secondary N) is 1. The maximum Gasteiger partial charge on any atom is 0.243 e. The van der Waals surface area contributed by atoms with E-state index in [0.717, 1.165) is 42.4 Å². The van der Waals surface area contributed by atoms with Gasteiger partial charge in [-0.3, -0.25) is 4.79 Å². The highest BCUT2D eigenvalue weighted by molar-refractivity contribution is 7.89. The first kappa shape index (κ1) is 20.3. The lowest BCUT2D eigenvalue weighted by Crippen LogP contribution is -2.48. The Hall–Kier alpha value is -1.40. The minimum absolute atomic E-state index is 0.0890. The second-order valence-electron chi connectivity index (χ2n) is 8.25. The molecule has 3 rings (SSSR count). The van der Waals surface area contributed by atoms with Crippen molar-refractivity contribution in [3.05, 3.63) is 28.8 Å². The van der Waals surface area contributed by atoms with E-state index in [-0.39, 0.29) is 17.9 Å². The number of aryl methyl sites for hydroxylation is 3. The number of piperidine rings is 1. The van der Waals surface area contributed by atoms with Crippen LogP contribution < -0.4 is 5.32 Å². The molecule has 5 nitrogen and oxygen atoms in total. The molecule has 1 N–H and O–H groups in total. The molecule has 1 aromatic rings. The van der Waals surface area contributed by atoms with Crippen LogP contribution in [0.5, 0.6) is 0 Å². The first-order valence-corrected chi connectivity index (χ1v) is 11.6. The van der Waals surface area contributed by atoms with Crippen LogP contribution in [-0.4, -0.2) is 37.8 Å². The molecule has 0 unspecified atom stereocenters. The lowest BCUT2D eigenvalue weighted by molar-refractivity contribution is -0.126. The molecule has 1 amide bonds. The van der Waals surface area contributed by atoms with Crippen molar-refractivity contribution >= 4 is 15.9 Å². The topological polar surface area (TPSA) is 66.5 Å². The third-order valence-corrected chi connectivity index (χ3v) is 8.18. The second kappa shape index (κ2) is 8.31. The number of amides is 1. The van der Waals surface area contributed by atoms with E-state index >= 15 is 0 Å². The normalized spacial score (nSPS) is 20.6. The first-order chi connectivity index (χ1) is 12.8. The molecule has 0 atom stereocenters. The minimum atomic E-state index is -3.49. The summed E-state index contributed by atoms with van der Waals surface area (Å²) in [5.74, 6) is 0.319. The zero-order valence-electron chi connectivity index (χ0n) is 16.8. The van der Waals surface area contributed by atoms with Gasteiger partial charge in [0, 0.05) is 25.0 Å². The Labute approximate surface area is 163 Å². The Kier molecular flexibility index (Phi) is 6.26. The summed E-state index contributed by atoms with van der Waals surface area (Å²) in [4.78, 5) is 12.9. The molecule has 27 heavy (non-hydrogen) atoms. The Morgan fingerprint density at radius 1 is 0.963 bits per heavy atom. The van der Waals surface area contributed by atoms with E-state index in [2.05, 4.69) is 5.32 Å². The summed E-state index contributed by atoms with van der Waals surface area (Å²) in [5, 5.41) is 3.17. The molecule has 150 valence electrons. The highest BCUT2D eigenvalue weighted by Gasteiger charge is 2.32. The summed E-state index contributed by atoms with van der Waals surface area (Å²) in [6, 6.07) is 3.94. The summed E-state index contributed by atoms with van der Waals surface area (Å²) in [7, 11) is -3.49. The number of hydrogen-bond donors (Lipinski definition) is 1. The van der Waals surface area contributed by atoms with Gasteiger partial charge >= 0.3 is 0 Å². The van der Waals surface area contributed by atoms with E-state index in [1.165, 1.54) is 6.42 Å². The number of nitrogens with zero attached hydrogens (tertiary/aromatic N) is 1. The quantitative estimate of drug-likeness (QED) is 0.853. The number of sulfonamides is 1. The maximum absolute atomic E-state index is 13.2. The lowest BCUT2D eigenvalue weighted by Gasteiger charge is -2.33. The van der Waals surface area contributed by atoms with Crippen LogP contribution in [-0.2, 0) is 14.8 Å². The Balaban J connectivity index is 1.62. The number of rotatable bonds is 4. The number of carbonyl (C=O) groups is 1. The van der Waals surface area contributed by atoms with Crippen LogP contribution in [0.15, 0.2) is 17.0 Å². The molecule has 0 bridgehead atoms. The zero-order valence-corrected chi connectivity index (χ0v) is 17.6. The average molecular weight is 393 g/mol. The fraction of sp³-hybridized carbons (Fsp3) is 0.667. The second-order valence-corrected chi connectivity index (χ2v) is 10.1. The molecule has 2 aliphatic rings. The summed E-state index contributed by atoms with van der Waals surface area (Å²) in [6.45, 7) is 6.64. The number of carbonyl (C=O) groups excluding carboxylic acids is 1. The Morgan fingerprint density at radius 2 is 1.52 bits per heavy atom. The van der Waals surface area contributed by atoms with Gasteiger partial charge in [-0.05, 0) is 57.6 Å². The summed E-state index contributed by atoms with van der Waals surface area (Å²) in [6.07, 6.45) is 6.87. The van der Waals surface area contributed by atoms with Crippen LogP contribution in [0.3, 0.4) is 0 Å². The standard InChI is InChI=1S/C21H32N2O3S/c1-15-13-16(2)20(17(3)14-15)27(25,26)23-11-9-19(10-12-23)22-21(24)18-7-5-4-6-8-18/h13-14,18-19H,4-12H2,1-3H3,(H,22,24). The minimum Gasteiger partial charge on any atom is -0.353 e. The van der Waals surface area contributed by atoms with Crippen molar-refractivity contribution in [1.29, 1.82) is 0 Å². The van der Waals surface area contributed by atoms with Gasteiger partial charge in [-0.15, -0.1) is 0 Å². The van der Waals surface area contributed by atoms with E-state index in [1.807, 2.05) is 32.9 Å². The van der Waals surface area contributed by atoms with Crippen molar-refractivity contribution in [2.24, 2.45) is 5.92 Å². The predicted molar refractivity (Wildman–Crippen MR) is 107 cm³/mol. The number of hydrogen-bond acceptors (Lipinski definition) is 3. The van der Waals surface area contributed by atoms with Crippen molar-refractivity contribution in [2.45, 2.75) is 76.7 Å². The average Bonchev–Trinajstić information content (AvgIpc) is 2.61. The molecule has 0 spiro atoms. The first-order valence-electron chi connectivity index (χ1n) is 10.2. The molecule has 1 aliphatic heterocycles. The van der Waals surface area contributed by atoms with Gasteiger partial charge in [0.2, 0.25) is 15.9 Å². The van der Waals surface area contributed by atoms with Crippen LogP contribution in [0.4, 0.5) is 0 Å². The van der Waals surface area contributed by atoms with Crippen LogP contribution in [0.25, 0.3) is 0 Å². The molecule has 0 radical (unpaired) electrons. The third kappa shape index (κ3) is 4.54. The largest absolute Gasteiger partial charge is 0.353 e. The lowest BCUT2D eigenvalue weighted by atomic mass is 9.88. The molecule has 1 heterocycles. The molecule has 6 heteroatoms. The molecular formula is C21H32N2O3S. The van der Waals surface area contributed by atoms with Crippen LogP contribution >= 0.6 is 0 Å². The molecule has 0 aromatic heterocycles. The van der Waals surface area contributed by atoms with Gasteiger partial charge in [0.05, 0.1) is 4.90 Å². The predicted octanol–water partition coefficient (Wildman–Crippen LogP) is 3.46. The summed E-state index contributed by atoms with van der Waals surface area (Å²) in [5.41, 5.74) is 2.69. The van der Waals surface area contributed by atoms with E-state index < -0.39 is 10.0 Å². The molecule has 2 fully saturated rings. The summed E-state index contributed by atoms with van der Waals surface area (Å²) >= 11 is 0. The highest BCUT2D eigenvalue weighted by Crippen LogP contribution is 2.28. The fourth-order valence-electron chi connectivity index (χ4n) is 4.63. The van der Waals surface area contributed by atoms with Crippen LogP contribution in [0.2, 0.25) is 0 Å². The van der Waals surface area contributed by atoms with Crippen LogP contribution in [0, 0.1) is 26.7 Å². The highest BCUT2D eigenvalue weighted by atomic mass is 32.2. The van der Waals surface area contributed by atoms with Gasteiger partial charge in [-0.2, -0.15) is 4.31 Å². The van der Waals surface area contributed by atoms with Gasteiger partial charge in [-0.1, -0.05) is 37.0 Å². The molecule has 1 aromatic carbocycles. The third-order valence-electron chi connectivity index (χ3n) is 5.98. The Morgan fingerprint density at radius 3 is 2.07 bits per heavy atom. The van der Waals surface area contributed by atoms with E-state index in [1.54, 1.807) is 4.31 Å². The van der Waals surface area contributed by atoms with Gasteiger partial charge in [-0.25, -0.2) is 8.42 Å². The molecular weight excluding hydrogens is 360 g/mol. The molecule has 1 aliphatic carbocycles. The molecule has 1 saturated carbocycles. The van der Waals surface area contributed by atoms with Gasteiger partial charge < -0.3 is 5.32 Å². The summed E-state index contributed by atoms with van der Waals surface area (Å²) < 4.78 is 27.9. The van der Waals surface area contributed by atoms with Gasteiger partial charge in [0.25, 0.3) is 0 Å². The number of benzene rings is 1. The SMILES string of the molecule is Cc1cc(C)c(S(=O)(=O)N2CCC(NC(=O)C3CCCCC3)CC2)c(C)c1. The van der Waals surface area contributed by atoms with Crippen molar-refractivity contribution in [3.63, 3.8) is 0 Å². The smallest absolute Gasteiger partial charge is 0.243 e. The molecule has 1 saturated heterocycles. The van der Waals surface area contributed by atoms with Gasteiger partial charge in [0.15, 0.2) is 0 Å². The van der Waals surface area contributed by atoms with Crippen molar-refractivity contribution in [2.75, 3.05) is 13.1 Å². The van der Waals surface area contributed by atoms with E-state index in [4.69, 9.17) is 0 Å². The Bertz CT molecular complexity index is 767. The fourth-order valence-corrected chi connectivity index (χ4v) is 6.51. The van der Waals surface area contributed by atoms with Crippen molar-refractivity contribution in [1.82, 2.24) is 9.62 Å². The van der Waals surface area contributed by atoms with Crippen molar-refractivity contribution < 1.29 is 13.2 Å². The maximum atomic E-state index is 13.2. The van der Waals surface area contributed by atoms with E-state index in [0.29, 0.717) is 30.8 Å². The zero-order chi connectivity index (χ0) is 19.6. The van der Waals surface area contributed by atoms with Crippen LogP contribution in [0.1, 0.15) is 61.6 Å². The monoisotopic (exact) mass is 392 g/mol. The van der Waals surface area contributed by atoms with Gasteiger partial charge in [0.1, 0.15) is 0 Å².